The molecule has 0 bridgehead atoms. The van der Waals surface area contributed by atoms with Gasteiger partial charge in [0, 0.05) is 5.69 Å². The quantitative estimate of drug-likeness (QED) is 0.386. The van der Waals surface area contributed by atoms with Gasteiger partial charge >= 0.3 is 0 Å². The summed E-state index contributed by atoms with van der Waals surface area (Å²) in [6, 6.07) is 14.4. The van der Waals surface area contributed by atoms with Gasteiger partial charge in [-0.1, -0.05) is 43.7 Å². The molecular weight excluding hydrogens is 421 g/mol. The van der Waals surface area contributed by atoms with Crippen LogP contribution in [-0.4, -0.2) is 24.5 Å². The number of hydrogen-bond donors (Lipinski definition) is 3. The standard InChI is InChI=1S/C19H18FNO.C5H6N6/c1-3-7-15-12-14-9-6-10-16(20)18(14)19(22)21(15)17-11-5-4-8-13(17)2;6-3-2-4(9-1-8-2)11-5(7)10-3/h4-6,8-12H,3,7H2,1-2H3;1H,(H5,6,7,8,9,10,11). The second kappa shape index (κ2) is 9.07. The van der Waals surface area contributed by atoms with E-state index in [9.17, 15) is 9.18 Å². The van der Waals surface area contributed by atoms with E-state index in [-0.39, 0.29) is 16.9 Å². The lowest BCUT2D eigenvalue weighted by molar-refractivity contribution is 0.637. The molecule has 0 fully saturated rings. The number of hydrogen-bond acceptors (Lipinski definition) is 6. The third-order valence-corrected chi connectivity index (χ3v) is 5.27. The molecule has 168 valence electrons. The number of pyridine rings is 1. The number of para-hydroxylation sites is 1. The zero-order valence-corrected chi connectivity index (χ0v) is 18.3. The van der Waals surface area contributed by atoms with Crippen molar-refractivity contribution in [2.24, 2.45) is 0 Å². The van der Waals surface area contributed by atoms with Crippen molar-refractivity contribution in [2.75, 3.05) is 11.5 Å². The summed E-state index contributed by atoms with van der Waals surface area (Å²) in [5, 5.41) is 0.823. The van der Waals surface area contributed by atoms with E-state index in [2.05, 4.69) is 26.9 Å². The van der Waals surface area contributed by atoms with E-state index in [0.29, 0.717) is 22.4 Å². The van der Waals surface area contributed by atoms with Crippen molar-refractivity contribution in [3.8, 4) is 5.69 Å². The highest BCUT2D eigenvalue weighted by molar-refractivity contribution is 5.83. The van der Waals surface area contributed by atoms with Crippen molar-refractivity contribution in [1.29, 1.82) is 0 Å². The minimum atomic E-state index is -0.465. The molecule has 5 rings (SSSR count). The summed E-state index contributed by atoms with van der Waals surface area (Å²) < 4.78 is 15.8. The van der Waals surface area contributed by atoms with Crippen LogP contribution in [0.2, 0.25) is 0 Å². The van der Waals surface area contributed by atoms with Crippen LogP contribution in [0.4, 0.5) is 16.2 Å². The molecular formula is C24H24FN7O. The second-order valence-corrected chi connectivity index (χ2v) is 7.58. The van der Waals surface area contributed by atoms with Crippen molar-refractivity contribution >= 4 is 33.7 Å². The lowest BCUT2D eigenvalue weighted by Crippen LogP contribution is -2.23. The van der Waals surface area contributed by atoms with E-state index in [0.717, 1.165) is 29.8 Å². The van der Waals surface area contributed by atoms with Gasteiger partial charge in [-0.2, -0.15) is 9.97 Å². The fourth-order valence-corrected chi connectivity index (χ4v) is 3.76. The molecule has 3 aromatic heterocycles. The van der Waals surface area contributed by atoms with Crippen LogP contribution in [0.1, 0.15) is 24.6 Å². The van der Waals surface area contributed by atoms with Crippen molar-refractivity contribution in [2.45, 2.75) is 26.7 Å². The van der Waals surface area contributed by atoms with Crippen LogP contribution >= 0.6 is 0 Å². The fraction of sp³-hybridized carbons (Fsp3) is 0.167. The Labute approximate surface area is 189 Å². The maximum absolute atomic E-state index is 14.1. The maximum Gasteiger partial charge on any atom is 0.266 e. The van der Waals surface area contributed by atoms with E-state index in [1.54, 1.807) is 16.7 Å². The molecule has 0 unspecified atom stereocenters. The smallest absolute Gasteiger partial charge is 0.266 e. The molecule has 0 aliphatic heterocycles. The molecule has 33 heavy (non-hydrogen) atoms. The SMILES string of the molecule is CCCc1cc2cccc(F)c2c(=O)n1-c1ccccc1C.Nc1nc(N)c2[nH]cnc2n1. The molecule has 2 aromatic carbocycles. The first-order valence-corrected chi connectivity index (χ1v) is 10.5. The molecule has 0 saturated heterocycles. The number of nitrogens with zero attached hydrogens (tertiary/aromatic N) is 4. The van der Waals surface area contributed by atoms with Gasteiger partial charge < -0.3 is 16.5 Å². The van der Waals surface area contributed by atoms with E-state index < -0.39 is 5.82 Å². The van der Waals surface area contributed by atoms with Gasteiger partial charge in [0.1, 0.15) is 11.3 Å². The van der Waals surface area contributed by atoms with E-state index in [4.69, 9.17) is 11.5 Å². The number of fused-ring (bicyclic) bond motifs is 2. The first-order chi connectivity index (χ1) is 15.9. The number of benzene rings is 2. The number of nitrogens with one attached hydrogen (secondary N) is 1. The van der Waals surface area contributed by atoms with E-state index in [1.807, 2.05) is 37.3 Å². The monoisotopic (exact) mass is 445 g/mol. The fourth-order valence-electron chi connectivity index (χ4n) is 3.76. The van der Waals surface area contributed by atoms with Gasteiger partial charge in [-0.3, -0.25) is 9.36 Å². The first-order valence-electron chi connectivity index (χ1n) is 10.5. The third-order valence-electron chi connectivity index (χ3n) is 5.27. The Hall–Kier alpha value is -4.27. The summed E-state index contributed by atoms with van der Waals surface area (Å²) in [4.78, 5) is 27.2. The number of aromatic amines is 1. The minimum Gasteiger partial charge on any atom is -0.382 e. The molecule has 0 atom stereocenters. The number of nitrogen functional groups attached to an aromatic ring is 2. The summed E-state index contributed by atoms with van der Waals surface area (Å²) in [6.07, 6.45) is 3.19. The minimum absolute atomic E-state index is 0.141. The van der Waals surface area contributed by atoms with Crippen molar-refractivity contribution in [3.63, 3.8) is 0 Å². The van der Waals surface area contributed by atoms with Crippen LogP contribution in [0, 0.1) is 12.7 Å². The van der Waals surface area contributed by atoms with Gasteiger partial charge in [0.15, 0.2) is 11.5 Å². The van der Waals surface area contributed by atoms with Crippen LogP contribution in [0.15, 0.2) is 59.7 Å². The van der Waals surface area contributed by atoms with Crippen LogP contribution in [-0.2, 0) is 6.42 Å². The number of H-pyrrole nitrogens is 1. The summed E-state index contributed by atoms with van der Waals surface area (Å²) in [7, 11) is 0. The molecule has 0 radical (unpaired) electrons. The van der Waals surface area contributed by atoms with Gasteiger partial charge in [0.05, 0.1) is 17.4 Å². The van der Waals surface area contributed by atoms with Crippen LogP contribution < -0.4 is 17.0 Å². The van der Waals surface area contributed by atoms with Crippen LogP contribution in [0.5, 0.6) is 0 Å². The van der Waals surface area contributed by atoms with Crippen LogP contribution in [0.3, 0.4) is 0 Å². The average Bonchev–Trinajstić information content (AvgIpc) is 3.24. The number of aromatic nitrogens is 5. The normalized spacial score (nSPS) is 10.9. The van der Waals surface area contributed by atoms with Gasteiger partial charge in [-0.15, -0.1) is 0 Å². The topological polar surface area (TPSA) is 128 Å². The molecule has 9 heteroatoms. The highest BCUT2D eigenvalue weighted by atomic mass is 19.1. The van der Waals surface area contributed by atoms with Gasteiger partial charge in [-0.25, -0.2) is 9.37 Å². The van der Waals surface area contributed by atoms with Crippen LogP contribution in [0.25, 0.3) is 27.6 Å². The molecule has 0 saturated carbocycles. The predicted octanol–water partition coefficient (Wildman–Crippen LogP) is 3.91. The molecule has 8 nitrogen and oxygen atoms in total. The van der Waals surface area contributed by atoms with Crippen molar-refractivity contribution < 1.29 is 4.39 Å². The highest BCUT2D eigenvalue weighted by Gasteiger charge is 2.14. The molecule has 3 heterocycles. The Balaban J connectivity index is 0.000000196. The number of imidazole rings is 1. The van der Waals surface area contributed by atoms with Crippen molar-refractivity contribution in [1.82, 2.24) is 24.5 Å². The highest BCUT2D eigenvalue weighted by Crippen LogP contribution is 2.21. The maximum atomic E-state index is 14.1. The number of halogens is 1. The Morgan fingerprint density at radius 2 is 1.88 bits per heavy atom. The summed E-state index contributed by atoms with van der Waals surface area (Å²) in [5.74, 6) is -0.0000161. The molecule has 5 N–H and O–H groups in total. The van der Waals surface area contributed by atoms with Gasteiger partial charge in [0.25, 0.3) is 5.56 Å². The summed E-state index contributed by atoms with van der Waals surface area (Å²) >= 11 is 0. The lowest BCUT2D eigenvalue weighted by atomic mass is 10.1. The van der Waals surface area contributed by atoms with Gasteiger partial charge in [-0.05, 0) is 42.5 Å². The molecule has 0 spiro atoms. The number of rotatable bonds is 3. The van der Waals surface area contributed by atoms with Crippen molar-refractivity contribution in [3.05, 3.63) is 82.3 Å². The third kappa shape index (κ3) is 4.25. The van der Waals surface area contributed by atoms with Gasteiger partial charge in [0.2, 0.25) is 5.95 Å². The average molecular weight is 446 g/mol. The van der Waals surface area contributed by atoms with E-state index >= 15 is 0 Å². The first kappa shape index (κ1) is 21.9. The Bertz CT molecular complexity index is 1510. The van der Waals surface area contributed by atoms with E-state index in [1.165, 1.54) is 12.4 Å². The summed E-state index contributed by atoms with van der Waals surface area (Å²) in [6.45, 7) is 4.03. The Kier molecular flexibility index (Phi) is 6.03. The molecule has 0 aliphatic rings. The molecule has 0 amide bonds. The Morgan fingerprint density at radius 3 is 2.64 bits per heavy atom. The number of aryl methyl sites for hydroxylation is 2. The zero-order valence-electron chi connectivity index (χ0n) is 18.3. The molecule has 0 aliphatic carbocycles. The second-order valence-electron chi connectivity index (χ2n) is 7.58. The number of anilines is 2. The predicted molar refractivity (Wildman–Crippen MR) is 129 cm³/mol. The Morgan fingerprint density at radius 1 is 1.09 bits per heavy atom. The zero-order chi connectivity index (χ0) is 23.5. The summed E-state index contributed by atoms with van der Waals surface area (Å²) in [5.41, 5.74) is 14.4. The lowest BCUT2D eigenvalue weighted by Gasteiger charge is -2.16. The number of nitrogens with two attached hydrogens (primary N) is 2. The molecule has 5 aromatic rings. The largest absolute Gasteiger partial charge is 0.382 e.